The highest BCUT2D eigenvalue weighted by Crippen LogP contribution is 2.41. The Hall–Kier alpha value is -4.38. The van der Waals surface area contributed by atoms with Crippen molar-refractivity contribution in [3.63, 3.8) is 0 Å². The number of ether oxygens (including phenoxy) is 2. The van der Waals surface area contributed by atoms with Gasteiger partial charge in [0.2, 0.25) is 0 Å². The topological polar surface area (TPSA) is 104 Å². The van der Waals surface area contributed by atoms with E-state index in [-0.39, 0.29) is 28.3 Å². The molecule has 9 nitrogen and oxygen atoms in total. The zero-order valence-corrected chi connectivity index (χ0v) is 24.8. The average Bonchev–Trinajstić information content (AvgIpc) is 3.41. The van der Waals surface area contributed by atoms with Crippen LogP contribution in [-0.2, 0) is 27.3 Å². The Balaban J connectivity index is 1.68. The molecule has 0 saturated carbocycles. The average molecular weight is 593 g/mol. The summed E-state index contributed by atoms with van der Waals surface area (Å²) < 4.78 is 42.0. The minimum atomic E-state index is -1.57. The summed E-state index contributed by atoms with van der Waals surface area (Å²) in [5.41, 5.74) is 2.93. The smallest absolute Gasteiger partial charge is 0.381 e. The standard InChI is InChI=1S/C32H34F2N4O5/c1-18-21-12-9-15-41-28(21)23(33)16-22(18)27-26(29(31(40)43-34)42-32(3,4)5)19(2)36-25-17-24(37-38(25)27)30(39)35-14-13-20-10-7-6-8-11-20/h6-8,10-11,16-17,29H,9,12-15H2,1-5H3,(H,35,39)/t29-/m0/s1. The van der Waals surface area contributed by atoms with Crippen LogP contribution in [0.1, 0.15) is 71.7 Å². The van der Waals surface area contributed by atoms with Crippen molar-refractivity contribution in [3.05, 3.63) is 81.9 Å². The van der Waals surface area contributed by atoms with Crippen molar-refractivity contribution in [2.45, 2.75) is 65.6 Å². The first-order valence-corrected chi connectivity index (χ1v) is 14.2. The van der Waals surface area contributed by atoms with Crippen LogP contribution in [0.15, 0.2) is 42.5 Å². The van der Waals surface area contributed by atoms with Crippen molar-refractivity contribution >= 4 is 17.5 Å². The van der Waals surface area contributed by atoms with Gasteiger partial charge in [-0.1, -0.05) is 30.3 Å². The van der Waals surface area contributed by atoms with E-state index in [2.05, 4.69) is 20.3 Å². The number of carbonyl (C=O) groups excluding carboxylic acids is 2. The van der Waals surface area contributed by atoms with Crippen molar-refractivity contribution in [3.8, 4) is 17.0 Å². The summed E-state index contributed by atoms with van der Waals surface area (Å²) in [4.78, 5) is 34.3. The number of hydrogen-bond donors (Lipinski definition) is 1. The van der Waals surface area contributed by atoms with Gasteiger partial charge >= 0.3 is 5.97 Å². The summed E-state index contributed by atoms with van der Waals surface area (Å²) in [6, 6.07) is 12.5. The molecule has 1 atom stereocenters. The molecule has 226 valence electrons. The second-order valence-corrected chi connectivity index (χ2v) is 11.5. The van der Waals surface area contributed by atoms with Gasteiger partial charge < -0.3 is 14.8 Å². The van der Waals surface area contributed by atoms with Gasteiger partial charge in [-0.15, -0.1) is 0 Å². The quantitative estimate of drug-likeness (QED) is 0.279. The van der Waals surface area contributed by atoms with E-state index in [4.69, 9.17) is 9.47 Å². The highest BCUT2D eigenvalue weighted by molar-refractivity contribution is 5.93. The van der Waals surface area contributed by atoms with Gasteiger partial charge in [0.15, 0.2) is 29.0 Å². The lowest BCUT2D eigenvalue weighted by atomic mass is 9.91. The van der Waals surface area contributed by atoms with Gasteiger partial charge in [-0.3, -0.25) is 9.74 Å². The fraction of sp³-hybridized carbons (Fsp3) is 0.375. The fourth-order valence-corrected chi connectivity index (χ4v) is 5.40. The summed E-state index contributed by atoms with van der Waals surface area (Å²) in [7, 11) is 0. The predicted octanol–water partition coefficient (Wildman–Crippen LogP) is 5.73. The highest BCUT2D eigenvalue weighted by Gasteiger charge is 2.36. The Kier molecular flexibility index (Phi) is 8.45. The maximum atomic E-state index is 15.5. The Labute approximate surface area is 248 Å². The number of hydrogen-bond acceptors (Lipinski definition) is 7. The first-order chi connectivity index (χ1) is 20.5. The number of fused-ring (bicyclic) bond motifs is 2. The molecule has 2 aromatic carbocycles. The van der Waals surface area contributed by atoms with Crippen LogP contribution in [0.25, 0.3) is 16.9 Å². The molecule has 1 aliphatic heterocycles. The van der Waals surface area contributed by atoms with Gasteiger partial charge in [0.25, 0.3) is 5.91 Å². The first kappa shape index (κ1) is 30.1. The number of halogens is 2. The molecule has 11 heteroatoms. The van der Waals surface area contributed by atoms with E-state index in [0.29, 0.717) is 54.8 Å². The van der Waals surface area contributed by atoms with Gasteiger partial charge in [-0.25, -0.2) is 18.7 Å². The Morgan fingerprint density at radius 2 is 1.91 bits per heavy atom. The number of carbonyl (C=O) groups is 2. The summed E-state index contributed by atoms with van der Waals surface area (Å²) in [6.07, 6.45) is 0.336. The monoisotopic (exact) mass is 592 g/mol. The van der Waals surface area contributed by atoms with Crippen LogP contribution in [0, 0.1) is 19.7 Å². The van der Waals surface area contributed by atoms with E-state index in [0.717, 1.165) is 5.56 Å². The summed E-state index contributed by atoms with van der Waals surface area (Å²) in [5.74, 6) is -2.14. The SMILES string of the molecule is Cc1nc2cc(C(=O)NCCc3ccccc3)nn2c(-c2cc(F)c3c(c2C)CCCO3)c1[C@H](OC(C)(C)C)C(=O)OF. The lowest BCUT2D eigenvalue weighted by molar-refractivity contribution is -0.205. The van der Waals surface area contributed by atoms with Crippen molar-refractivity contribution < 1.29 is 32.9 Å². The van der Waals surface area contributed by atoms with Crippen molar-refractivity contribution in [1.82, 2.24) is 19.9 Å². The zero-order valence-electron chi connectivity index (χ0n) is 24.8. The van der Waals surface area contributed by atoms with Crippen LogP contribution in [0.3, 0.4) is 0 Å². The van der Waals surface area contributed by atoms with Crippen LogP contribution < -0.4 is 10.1 Å². The predicted molar refractivity (Wildman–Crippen MR) is 155 cm³/mol. The fourth-order valence-electron chi connectivity index (χ4n) is 5.40. The summed E-state index contributed by atoms with van der Waals surface area (Å²) >= 11 is 0. The second-order valence-electron chi connectivity index (χ2n) is 11.5. The van der Waals surface area contributed by atoms with Gasteiger partial charge in [0, 0.05) is 39.5 Å². The number of rotatable bonds is 8. The summed E-state index contributed by atoms with van der Waals surface area (Å²) in [5, 5.41) is 7.42. The molecule has 1 amide bonds. The van der Waals surface area contributed by atoms with Crippen LogP contribution in [0.2, 0.25) is 0 Å². The molecule has 0 aliphatic carbocycles. The van der Waals surface area contributed by atoms with Crippen LogP contribution in [-0.4, -0.2) is 45.2 Å². The van der Waals surface area contributed by atoms with E-state index < -0.39 is 29.4 Å². The Morgan fingerprint density at radius 1 is 1.16 bits per heavy atom. The van der Waals surface area contributed by atoms with Crippen LogP contribution >= 0.6 is 0 Å². The Bertz CT molecular complexity index is 1680. The van der Waals surface area contributed by atoms with E-state index in [1.807, 2.05) is 37.3 Å². The molecule has 0 bridgehead atoms. The van der Waals surface area contributed by atoms with E-state index in [1.165, 1.54) is 16.6 Å². The van der Waals surface area contributed by atoms with Gasteiger partial charge in [0.05, 0.1) is 17.9 Å². The molecule has 0 spiro atoms. The lowest BCUT2D eigenvalue weighted by Crippen LogP contribution is -2.29. The minimum absolute atomic E-state index is 0.0686. The van der Waals surface area contributed by atoms with Crippen molar-refractivity contribution in [2.75, 3.05) is 13.2 Å². The lowest BCUT2D eigenvalue weighted by Gasteiger charge is -2.28. The molecule has 43 heavy (non-hydrogen) atoms. The number of amides is 1. The third-order valence-electron chi connectivity index (χ3n) is 7.32. The highest BCUT2D eigenvalue weighted by atomic mass is 19.3. The molecule has 1 aliphatic rings. The molecule has 2 aromatic heterocycles. The van der Waals surface area contributed by atoms with Gasteiger partial charge in [-0.05, 0) is 71.1 Å². The van der Waals surface area contributed by atoms with E-state index >= 15 is 4.39 Å². The van der Waals surface area contributed by atoms with Crippen LogP contribution in [0.4, 0.5) is 8.92 Å². The van der Waals surface area contributed by atoms with Gasteiger partial charge in [0.1, 0.15) is 0 Å². The number of aromatic nitrogens is 3. The molecule has 3 heterocycles. The Morgan fingerprint density at radius 3 is 2.60 bits per heavy atom. The maximum absolute atomic E-state index is 15.5. The van der Waals surface area contributed by atoms with Gasteiger partial charge in [-0.2, -0.15) is 5.10 Å². The number of benzene rings is 2. The maximum Gasteiger partial charge on any atom is 0.381 e. The number of aryl methyl sites for hydroxylation is 1. The third-order valence-corrected chi connectivity index (χ3v) is 7.32. The first-order valence-electron chi connectivity index (χ1n) is 14.2. The molecular formula is C32H34F2N4O5. The normalized spacial score (nSPS) is 13.7. The van der Waals surface area contributed by atoms with Crippen molar-refractivity contribution in [2.24, 2.45) is 0 Å². The third kappa shape index (κ3) is 6.22. The summed E-state index contributed by atoms with van der Waals surface area (Å²) in [6.45, 7) is 9.35. The van der Waals surface area contributed by atoms with Crippen LogP contribution in [0.5, 0.6) is 5.75 Å². The molecule has 4 aromatic rings. The molecule has 0 radical (unpaired) electrons. The minimum Gasteiger partial charge on any atom is -0.490 e. The van der Waals surface area contributed by atoms with Crippen molar-refractivity contribution in [1.29, 1.82) is 0 Å². The molecule has 1 N–H and O–H groups in total. The van der Waals surface area contributed by atoms with E-state index in [9.17, 15) is 14.1 Å². The number of nitrogens with one attached hydrogen (secondary N) is 1. The molecular weight excluding hydrogens is 558 g/mol. The van der Waals surface area contributed by atoms with E-state index in [1.54, 1.807) is 27.7 Å². The largest absolute Gasteiger partial charge is 0.490 e. The molecule has 5 rings (SSSR count). The second kappa shape index (κ2) is 12.1. The molecule has 0 saturated heterocycles. The number of nitrogens with zero attached hydrogens (tertiary/aromatic N) is 3. The zero-order chi connectivity index (χ0) is 30.9. The molecule has 0 fully saturated rings. The molecule has 0 unspecified atom stereocenters.